The third-order valence-corrected chi connectivity index (χ3v) is 3.51. The van der Waals surface area contributed by atoms with Gasteiger partial charge in [-0.3, -0.25) is 4.79 Å². The predicted octanol–water partition coefficient (Wildman–Crippen LogP) is 2.00. The van der Waals surface area contributed by atoms with Crippen molar-refractivity contribution in [2.24, 2.45) is 0 Å². The average molecular weight is 292 g/mol. The summed E-state index contributed by atoms with van der Waals surface area (Å²) in [6.45, 7) is 2.60. The second kappa shape index (κ2) is 7.08. The standard InChI is InChI=1S/C15H20N2O4/c1-10-13(7-8-21-10)17-15(20)16-12-4-2-3-11(9-12)5-6-14(18)19/h2-4,9-10,13H,5-8H2,1H3,(H,18,19)(H2,16,17,20). The summed E-state index contributed by atoms with van der Waals surface area (Å²) in [6, 6.07) is 6.97. The van der Waals surface area contributed by atoms with Crippen molar-refractivity contribution in [2.75, 3.05) is 11.9 Å². The first-order valence-corrected chi connectivity index (χ1v) is 7.04. The van der Waals surface area contributed by atoms with Crippen LogP contribution in [0.5, 0.6) is 0 Å². The maximum Gasteiger partial charge on any atom is 0.319 e. The van der Waals surface area contributed by atoms with Crippen LogP contribution in [0.1, 0.15) is 25.3 Å². The molecule has 1 fully saturated rings. The number of urea groups is 1. The molecule has 6 heteroatoms. The van der Waals surface area contributed by atoms with Crippen LogP contribution in [0.4, 0.5) is 10.5 Å². The van der Waals surface area contributed by atoms with Crippen LogP contribution in [-0.4, -0.2) is 35.9 Å². The highest BCUT2D eigenvalue weighted by Crippen LogP contribution is 2.14. The van der Waals surface area contributed by atoms with Crippen molar-refractivity contribution in [3.8, 4) is 0 Å². The fraction of sp³-hybridized carbons (Fsp3) is 0.467. The van der Waals surface area contributed by atoms with Gasteiger partial charge in [-0.2, -0.15) is 0 Å². The lowest BCUT2D eigenvalue weighted by molar-refractivity contribution is -0.136. The Morgan fingerprint density at radius 2 is 2.24 bits per heavy atom. The molecule has 2 atom stereocenters. The van der Waals surface area contributed by atoms with Crippen molar-refractivity contribution >= 4 is 17.7 Å². The summed E-state index contributed by atoms with van der Waals surface area (Å²) >= 11 is 0. The molecule has 1 aromatic rings. The predicted molar refractivity (Wildman–Crippen MR) is 78.4 cm³/mol. The fourth-order valence-corrected chi connectivity index (χ4v) is 2.31. The van der Waals surface area contributed by atoms with E-state index in [0.29, 0.717) is 18.7 Å². The number of carboxylic acid groups (broad SMARTS) is 1. The SMILES string of the molecule is CC1OCCC1NC(=O)Nc1cccc(CCC(=O)O)c1. The van der Waals surface area contributed by atoms with Gasteiger partial charge in [0.25, 0.3) is 0 Å². The van der Waals surface area contributed by atoms with E-state index in [1.807, 2.05) is 13.0 Å². The molecule has 2 rings (SSSR count). The van der Waals surface area contributed by atoms with E-state index in [9.17, 15) is 9.59 Å². The lowest BCUT2D eigenvalue weighted by Gasteiger charge is -2.16. The van der Waals surface area contributed by atoms with Gasteiger partial charge in [-0.15, -0.1) is 0 Å². The number of anilines is 1. The normalized spacial score (nSPS) is 21.0. The highest BCUT2D eigenvalue weighted by molar-refractivity contribution is 5.89. The number of carboxylic acids is 1. The van der Waals surface area contributed by atoms with Crippen LogP contribution >= 0.6 is 0 Å². The first kappa shape index (κ1) is 15.3. The maximum atomic E-state index is 11.9. The molecule has 0 aliphatic carbocycles. The Labute approximate surface area is 123 Å². The highest BCUT2D eigenvalue weighted by Gasteiger charge is 2.25. The Balaban J connectivity index is 1.88. The number of carbonyl (C=O) groups excluding carboxylic acids is 1. The summed E-state index contributed by atoms with van der Waals surface area (Å²) in [4.78, 5) is 22.5. The van der Waals surface area contributed by atoms with Crippen LogP contribution in [0, 0.1) is 0 Å². The molecule has 6 nitrogen and oxygen atoms in total. The van der Waals surface area contributed by atoms with Crippen molar-refractivity contribution in [2.45, 2.75) is 38.3 Å². The van der Waals surface area contributed by atoms with Gasteiger partial charge >= 0.3 is 12.0 Å². The third kappa shape index (κ3) is 4.75. The van der Waals surface area contributed by atoms with Gasteiger partial charge in [0, 0.05) is 18.7 Å². The Hall–Kier alpha value is -2.08. The van der Waals surface area contributed by atoms with Crippen LogP contribution < -0.4 is 10.6 Å². The van der Waals surface area contributed by atoms with Gasteiger partial charge in [-0.05, 0) is 37.5 Å². The van der Waals surface area contributed by atoms with Gasteiger partial charge in [-0.1, -0.05) is 12.1 Å². The molecule has 0 spiro atoms. The monoisotopic (exact) mass is 292 g/mol. The Kier molecular flexibility index (Phi) is 5.16. The molecule has 0 saturated carbocycles. The van der Waals surface area contributed by atoms with Crippen molar-refractivity contribution < 1.29 is 19.4 Å². The quantitative estimate of drug-likeness (QED) is 0.774. The smallest absolute Gasteiger partial charge is 0.319 e. The van der Waals surface area contributed by atoms with Gasteiger partial charge in [-0.25, -0.2) is 4.79 Å². The minimum atomic E-state index is -0.832. The molecule has 2 amide bonds. The number of amides is 2. The highest BCUT2D eigenvalue weighted by atomic mass is 16.5. The number of hydrogen-bond acceptors (Lipinski definition) is 3. The minimum absolute atomic E-state index is 0.0256. The number of carbonyl (C=O) groups is 2. The van der Waals surface area contributed by atoms with E-state index >= 15 is 0 Å². The first-order valence-electron chi connectivity index (χ1n) is 7.04. The first-order chi connectivity index (χ1) is 10.0. The lowest BCUT2D eigenvalue weighted by Crippen LogP contribution is -2.41. The number of hydrogen-bond donors (Lipinski definition) is 3. The van der Waals surface area contributed by atoms with Crippen molar-refractivity contribution in [3.63, 3.8) is 0 Å². The van der Waals surface area contributed by atoms with Crippen LogP contribution in [0.3, 0.4) is 0 Å². The molecule has 0 aromatic heterocycles. The molecular weight excluding hydrogens is 272 g/mol. The van der Waals surface area contributed by atoms with Gasteiger partial charge in [0.05, 0.1) is 12.1 Å². The van der Waals surface area contributed by atoms with Crippen LogP contribution in [-0.2, 0) is 16.0 Å². The molecule has 1 saturated heterocycles. The molecule has 114 valence electrons. The molecular formula is C15H20N2O4. The number of ether oxygens (including phenoxy) is 1. The number of nitrogens with one attached hydrogen (secondary N) is 2. The molecule has 1 aliphatic heterocycles. The van der Waals surface area contributed by atoms with Gasteiger partial charge < -0.3 is 20.5 Å². The summed E-state index contributed by atoms with van der Waals surface area (Å²) in [5.74, 6) is -0.832. The molecule has 0 radical (unpaired) electrons. The van der Waals surface area contributed by atoms with Crippen molar-refractivity contribution in [3.05, 3.63) is 29.8 Å². The molecule has 0 bridgehead atoms. The van der Waals surface area contributed by atoms with Crippen molar-refractivity contribution in [1.82, 2.24) is 5.32 Å². The summed E-state index contributed by atoms with van der Waals surface area (Å²) < 4.78 is 5.39. The number of aliphatic carboxylic acids is 1. The van der Waals surface area contributed by atoms with E-state index < -0.39 is 5.97 Å². The van der Waals surface area contributed by atoms with E-state index in [1.54, 1.807) is 18.2 Å². The Morgan fingerprint density at radius 3 is 2.90 bits per heavy atom. The topological polar surface area (TPSA) is 87.7 Å². The summed E-state index contributed by atoms with van der Waals surface area (Å²) in [5, 5.41) is 14.3. The second-order valence-corrected chi connectivity index (χ2v) is 5.16. The fourth-order valence-electron chi connectivity index (χ4n) is 2.31. The van der Waals surface area contributed by atoms with Crippen LogP contribution in [0.15, 0.2) is 24.3 Å². The average Bonchev–Trinajstić information content (AvgIpc) is 2.82. The molecule has 1 aliphatic rings. The maximum absolute atomic E-state index is 11.9. The van der Waals surface area contributed by atoms with Crippen LogP contribution in [0.2, 0.25) is 0 Å². The molecule has 3 N–H and O–H groups in total. The van der Waals surface area contributed by atoms with E-state index in [-0.39, 0.29) is 24.6 Å². The summed E-state index contributed by atoms with van der Waals surface area (Å²) in [6.07, 6.45) is 1.36. The van der Waals surface area contributed by atoms with Gasteiger partial charge in [0.15, 0.2) is 0 Å². The zero-order valence-corrected chi connectivity index (χ0v) is 12.0. The molecule has 1 heterocycles. The Morgan fingerprint density at radius 1 is 1.43 bits per heavy atom. The molecule has 21 heavy (non-hydrogen) atoms. The van der Waals surface area contributed by atoms with Crippen LogP contribution in [0.25, 0.3) is 0 Å². The van der Waals surface area contributed by atoms with Gasteiger partial charge in [0.1, 0.15) is 0 Å². The Bertz CT molecular complexity index is 518. The second-order valence-electron chi connectivity index (χ2n) is 5.16. The zero-order chi connectivity index (χ0) is 15.2. The molecule has 2 unspecified atom stereocenters. The van der Waals surface area contributed by atoms with E-state index in [4.69, 9.17) is 9.84 Å². The summed E-state index contributed by atoms with van der Waals surface area (Å²) in [7, 11) is 0. The third-order valence-electron chi connectivity index (χ3n) is 3.51. The molecule has 1 aromatic carbocycles. The number of rotatable bonds is 5. The van der Waals surface area contributed by atoms with Gasteiger partial charge in [0.2, 0.25) is 0 Å². The lowest BCUT2D eigenvalue weighted by atomic mass is 10.1. The number of benzene rings is 1. The largest absolute Gasteiger partial charge is 0.481 e. The van der Waals surface area contributed by atoms with E-state index in [1.165, 1.54) is 0 Å². The zero-order valence-electron chi connectivity index (χ0n) is 12.0. The van der Waals surface area contributed by atoms with Crippen molar-refractivity contribution in [1.29, 1.82) is 0 Å². The van der Waals surface area contributed by atoms with E-state index in [0.717, 1.165) is 12.0 Å². The number of aryl methyl sites for hydroxylation is 1. The summed E-state index contributed by atoms with van der Waals surface area (Å²) in [5.41, 5.74) is 1.54. The minimum Gasteiger partial charge on any atom is -0.481 e. The van der Waals surface area contributed by atoms with E-state index in [2.05, 4.69) is 10.6 Å².